The molecule has 1 aromatic carbocycles. The minimum Gasteiger partial charge on any atom is -0.476 e. The van der Waals surface area contributed by atoms with Crippen LogP contribution >= 0.6 is 23.2 Å². The first-order valence-corrected chi connectivity index (χ1v) is 5.50. The minimum absolute atomic E-state index is 0.146. The molecule has 0 fully saturated rings. The van der Waals surface area contributed by atoms with Crippen molar-refractivity contribution in [3.63, 3.8) is 0 Å². The summed E-state index contributed by atoms with van der Waals surface area (Å²) in [5.74, 6) is -1.15. The average Bonchev–Trinajstić information content (AvgIpc) is 2.58. The van der Waals surface area contributed by atoms with Crippen LogP contribution in [-0.4, -0.2) is 20.9 Å². The van der Waals surface area contributed by atoms with E-state index in [4.69, 9.17) is 28.3 Å². The summed E-state index contributed by atoms with van der Waals surface area (Å²) in [5.41, 5.74) is 1.13. The number of carboxylic acids is 1. The highest BCUT2D eigenvalue weighted by atomic mass is 35.5. The van der Waals surface area contributed by atoms with E-state index in [9.17, 15) is 4.79 Å². The summed E-state index contributed by atoms with van der Waals surface area (Å²) in [6.07, 6.45) is 0. The predicted molar refractivity (Wildman–Crippen MR) is 65.3 cm³/mol. The van der Waals surface area contributed by atoms with E-state index in [1.165, 1.54) is 4.68 Å². The summed E-state index contributed by atoms with van der Waals surface area (Å²) < 4.78 is 1.47. The minimum atomic E-state index is -1.15. The lowest BCUT2D eigenvalue weighted by molar-refractivity contribution is 0.0690. The lowest BCUT2D eigenvalue weighted by atomic mass is 10.3. The Morgan fingerprint density at radius 3 is 2.35 bits per heavy atom. The fourth-order valence-corrected chi connectivity index (χ4v) is 1.78. The highest BCUT2D eigenvalue weighted by Gasteiger charge is 2.19. The number of halogens is 2. The van der Waals surface area contributed by atoms with Crippen molar-refractivity contribution < 1.29 is 9.90 Å². The zero-order chi connectivity index (χ0) is 12.6. The SMILES string of the molecule is Cc1c(Cl)c(C(=O)O)nn1-c1ccc(Cl)cc1. The first-order chi connectivity index (χ1) is 8.00. The van der Waals surface area contributed by atoms with Crippen molar-refractivity contribution in [3.05, 3.63) is 45.7 Å². The lowest BCUT2D eigenvalue weighted by Crippen LogP contribution is -2.02. The average molecular weight is 271 g/mol. The fraction of sp³-hybridized carbons (Fsp3) is 0.0909. The van der Waals surface area contributed by atoms with Crippen LogP contribution in [0, 0.1) is 6.92 Å². The third-order valence-corrected chi connectivity index (χ3v) is 3.02. The molecule has 0 spiro atoms. The molecule has 0 aliphatic rings. The van der Waals surface area contributed by atoms with E-state index in [2.05, 4.69) is 5.10 Å². The Labute approximate surface area is 107 Å². The van der Waals surface area contributed by atoms with Crippen LogP contribution in [0.4, 0.5) is 0 Å². The largest absolute Gasteiger partial charge is 0.476 e. The summed E-state index contributed by atoms with van der Waals surface area (Å²) in [6, 6.07) is 6.88. The molecule has 1 heterocycles. The highest BCUT2D eigenvalue weighted by molar-refractivity contribution is 6.34. The van der Waals surface area contributed by atoms with Gasteiger partial charge in [0.05, 0.1) is 16.4 Å². The maximum atomic E-state index is 10.9. The van der Waals surface area contributed by atoms with Crippen molar-refractivity contribution in [2.75, 3.05) is 0 Å². The van der Waals surface area contributed by atoms with Crippen LogP contribution in [-0.2, 0) is 0 Å². The second kappa shape index (κ2) is 4.39. The molecule has 17 heavy (non-hydrogen) atoms. The number of carboxylic acid groups (broad SMARTS) is 1. The van der Waals surface area contributed by atoms with Crippen LogP contribution in [0.1, 0.15) is 16.2 Å². The van der Waals surface area contributed by atoms with E-state index in [-0.39, 0.29) is 10.7 Å². The second-order valence-corrected chi connectivity index (χ2v) is 4.26. The lowest BCUT2D eigenvalue weighted by Gasteiger charge is -2.03. The topological polar surface area (TPSA) is 55.1 Å². The molecule has 0 saturated carbocycles. The van der Waals surface area contributed by atoms with E-state index in [0.717, 1.165) is 0 Å². The molecule has 0 saturated heterocycles. The van der Waals surface area contributed by atoms with Gasteiger partial charge < -0.3 is 5.11 Å². The Morgan fingerprint density at radius 2 is 1.88 bits per heavy atom. The van der Waals surface area contributed by atoms with Gasteiger partial charge >= 0.3 is 5.97 Å². The Hall–Kier alpha value is -1.52. The van der Waals surface area contributed by atoms with Crippen LogP contribution in [0.2, 0.25) is 10.0 Å². The highest BCUT2D eigenvalue weighted by Crippen LogP contribution is 2.23. The van der Waals surface area contributed by atoms with Crippen LogP contribution < -0.4 is 0 Å². The molecule has 1 aromatic heterocycles. The number of nitrogens with zero attached hydrogens (tertiary/aromatic N) is 2. The first-order valence-electron chi connectivity index (χ1n) is 4.75. The maximum Gasteiger partial charge on any atom is 0.358 e. The number of aromatic carboxylic acids is 1. The van der Waals surface area contributed by atoms with E-state index in [1.54, 1.807) is 31.2 Å². The van der Waals surface area contributed by atoms with Crippen LogP contribution in [0.25, 0.3) is 5.69 Å². The Kier molecular flexibility index (Phi) is 3.09. The van der Waals surface area contributed by atoms with Crippen molar-refractivity contribution in [2.45, 2.75) is 6.92 Å². The normalized spacial score (nSPS) is 10.5. The molecule has 0 aliphatic heterocycles. The van der Waals surface area contributed by atoms with Gasteiger partial charge in [-0.2, -0.15) is 5.10 Å². The fourth-order valence-electron chi connectivity index (χ4n) is 1.45. The molecule has 2 rings (SSSR count). The number of carbonyl (C=O) groups is 1. The molecule has 1 N–H and O–H groups in total. The van der Waals surface area contributed by atoms with Gasteiger partial charge in [0.1, 0.15) is 0 Å². The Morgan fingerprint density at radius 1 is 1.29 bits per heavy atom. The van der Waals surface area contributed by atoms with Gasteiger partial charge in [0, 0.05) is 5.02 Å². The van der Waals surface area contributed by atoms with Gasteiger partial charge in [0.2, 0.25) is 0 Å². The van der Waals surface area contributed by atoms with Crippen molar-refractivity contribution in [2.24, 2.45) is 0 Å². The van der Waals surface area contributed by atoms with E-state index in [0.29, 0.717) is 16.4 Å². The van der Waals surface area contributed by atoms with Gasteiger partial charge in [-0.3, -0.25) is 0 Å². The smallest absolute Gasteiger partial charge is 0.358 e. The number of hydrogen-bond donors (Lipinski definition) is 1. The Balaban J connectivity index is 2.56. The van der Waals surface area contributed by atoms with Crippen LogP contribution in [0.3, 0.4) is 0 Å². The number of benzene rings is 1. The summed E-state index contributed by atoms with van der Waals surface area (Å²) in [5, 5.41) is 13.6. The molecular formula is C11H8Cl2N2O2. The summed E-state index contributed by atoms with van der Waals surface area (Å²) in [6.45, 7) is 1.70. The molecule has 0 radical (unpaired) electrons. The van der Waals surface area contributed by atoms with Crippen molar-refractivity contribution >= 4 is 29.2 Å². The van der Waals surface area contributed by atoms with Gasteiger partial charge in [-0.05, 0) is 31.2 Å². The molecule has 0 atom stereocenters. The van der Waals surface area contributed by atoms with Gasteiger partial charge in [0.15, 0.2) is 5.69 Å². The van der Waals surface area contributed by atoms with Gasteiger partial charge in [-0.15, -0.1) is 0 Å². The van der Waals surface area contributed by atoms with Crippen molar-refractivity contribution in [3.8, 4) is 5.69 Å². The van der Waals surface area contributed by atoms with Gasteiger partial charge in [0.25, 0.3) is 0 Å². The van der Waals surface area contributed by atoms with Crippen LogP contribution in [0.15, 0.2) is 24.3 Å². The van der Waals surface area contributed by atoms with E-state index in [1.807, 2.05) is 0 Å². The van der Waals surface area contributed by atoms with E-state index >= 15 is 0 Å². The predicted octanol–water partition coefficient (Wildman–Crippen LogP) is 3.19. The van der Waals surface area contributed by atoms with Gasteiger partial charge in [-0.25, -0.2) is 9.48 Å². The first kappa shape index (κ1) is 12.0. The standard InChI is InChI=1S/C11H8Cl2N2O2/c1-6-9(13)10(11(16)17)14-15(6)8-4-2-7(12)3-5-8/h2-5H,1H3,(H,16,17). The molecule has 0 bridgehead atoms. The summed E-state index contributed by atoms with van der Waals surface area (Å²) in [4.78, 5) is 10.9. The Bertz CT molecular complexity index is 576. The van der Waals surface area contributed by atoms with Crippen molar-refractivity contribution in [1.29, 1.82) is 0 Å². The molecule has 0 amide bonds. The summed E-state index contributed by atoms with van der Waals surface area (Å²) in [7, 11) is 0. The van der Waals surface area contributed by atoms with Crippen molar-refractivity contribution in [1.82, 2.24) is 9.78 Å². The quantitative estimate of drug-likeness (QED) is 0.912. The van der Waals surface area contributed by atoms with Crippen LogP contribution in [0.5, 0.6) is 0 Å². The third kappa shape index (κ3) is 2.14. The molecule has 6 heteroatoms. The monoisotopic (exact) mass is 270 g/mol. The zero-order valence-electron chi connectivity index (χ0n) is 8.82. The second-order valence-electron chi connectivity index (χ2n) is 3.44. The molecule has 0 aliphatic carbocycles. The van der Waals surface area contributed by atoms with Gasteiger partial charge in [-0.1, -0.05) is 23.2 Å². The number of hydrogen-bond acceptors (Lipinski definition) is 2. The molecule has 0 unspecified atom stereocenters. The molecule has 2 aromatic rings. The number of rotatable bonds is 2. The molecular weight excluding hydrogens is 263 g/mol. The maximum absolute atomic E-state index is 10.9. The third-order valence-electron chi connectivity index (χ3n) is 2.32. The summed E-state index contributed by atoms with van der Waals surface area (Å²) >= 11 is 11.7. The zero-order valence-corrected chi connectivity index (χ0v) is 10.3. The molecule has 4 nitrogen and oxygen atoms in total. The van der Waals surface area contributed by atoms with E-state index < -0.39 is 5.97 Å². The molecule has 88 valence electrons. The number of aromatic nitrogens is 2.